The molecule has 3 rings (SSSR count). The zero-order valence-corrected chi connectivity index (χ0v) is 12.8. The molecule has 0 amide bonds. The maximum Gasteiger partial charge on any atom is 0.158 e. The highest BCUT2D eigenvalue weighted by molar-refractivity contribution is 7.09. The van der Waals surface area contributed by atoms with E-state index < -0.39 is 6.10 Å². The number of aliphatic hydroxyl groups is 1. The van der Waals surface area contributed by atoms with Crippen LogP contribution in [0.1, 0.15) is 4.88 Å². The van der Waals surface area contributed by atoms with Gasteiger partial charge in [0.25, 0.3) is 0 Å². The first-order valence-corrected chi connectivity index (χ1v) is 7.91. The molecule has 0 unspecified atom stereocenters. The lowest BCUT2D eigenvalue weighted by molar-refractivity contribution is 0.0215. The van der Waals surface area contributed by atoms with Crippen molar-refractivity contribution in [2.75, 3.05) is 6.61 Å². The normalized spacial score (nSPS) is 12.4. The Labute approximate surface area is 132 Å². The van der Waals surface area contributed by atoms with E-state index in [4.69, 9.17) is 4.74 Å². The zero-order chi connectivity index (χ0) is 15.2. The van der Waals surface area contributed by atoms with Gasteiger partial charge in [-0.15, -0.1) is 11.3 Å². The minimum atomic E-state index is -0.586. The van der Waals surface area contributed by atoms with Crippen molar-refractivity contribution in [3.8, 4) is 11.5 Å². The van der Waals surface area contributed by atoms with Crippen LogP contribution >= 0.6 is 11.3 Å². The van der Waals surface area contributed by atoms with Gasteiger partial charge in [0.15, 0.2) is 5.82 Å². The molecule has 6 heteroatoms. The molecule has 22 heavy (non-hydrogen) atoms. The van der Waals surface area contributed by atoms with Gasteiger partial charge in [0, 0.05) is 23.5 Å². The summed E-state index contributed by atoms with van der Waals surface area (Å²) in [5.41, 5.74) is 0.791. The lowest BCUT2D eigenvalue weighted by Crippen LogP contribution is -2.22. The van der Waals surface area contributed by atoms with Gasteiger partial charge in [-0.1, -0.05) is 12.1 Å². The summed E-state index contributed by atoms with van der Waals surface area (Å²) in [5.74, 6) is 0.748. The highest BCUT2D eigenvalue weighted by Crippen LogP contribution is 2.15. The second-order valence-corrected chi connectivity index (χ2v) is 5.90. The van der Waals surface area contributed by atoms with Crippen LogP contribution in [-0.4, -0.2) is 32.4 Å². The number of ether oxygens (including phenoxy) is 1. The maximum atomic E-state index is 10.1. The molecule has 0 bridgehead atoms. The molecule has 0 aliphatic rings. The van der Waals surface area contributed by atoms with Crippen molar-refractivity contribution in [1.82, 2.24) is 14.5 Å². The molecule has 3 heterocycles. The van der Waals surface area contributed by atoms with Gasteiger partial charge in [0.2, 0.25) is 0 Å². The number of pyridine rings is 1. The van der Waals surface area contributed by atoms with Crippen LogP contribution in [0.5, 0.6) is 0 Å². The molecule has 1 atom stereocenters. The molecule has 0 radical (unpaired) electrons. The Bertz CT molecular complexity index is 683. The van der Waals surface area contributed by atoms with Crippen LogP contribution in [0.25, 0.3) is 11.5 Å². The van der Waals surface area contributed by atoms with E-state index in [2.05, 4.69) is 9.97 Å². The summed E-state index contributed by atoms with van der Waals surface area (Å²) < 4.78 is 7.44. The molecule has 3 aromatic heterocycles. The Morgan fingerprint density at radius 1 is 1.18 bits per heavy atom. The van der Waals surface area contributed by atoms with Crippen molar-refractivity contribution in [3.05, 3.63) is 59.2 Å². The summed E-state index contributed by atoms with van der Waals surface area (Å²) >= 11 is 1.65. The van der Waals surface area contributed by atoms with Crippen LogP contribution < -0.4 is 0 Å². The van der Waals surface area contributed by atoms with Gasteiger partial charge in [0.05, 0.1) is 25.9 Å². The Morgan fingerprint density at radius 3 is 2.91 bits per heavy atom. The molecular formula is C16H17N3O2S. The molecule has 5 nitrogen and oxygen atoms in total. The van der Waals surface area contributed by atoms with Crippen molar-refractivity contribution in [2.24, 2.45) is 0 Å². The first-order valence-electron chi connectivity index (χ1n) is 7.03. The molecule has 114 valence electrons. The molecule has 1 N–H and O–H groups in total. The zero-order valence-electron chi connectivity index (χ0n) is 12.0. The van der Waals surface area contributed by atoms with E-state index in [1.165, 1.54) is 0 Å². The fourth-order valence-electron chi connectivity index (χ4n) is 2.15. The van der Waals surface area contributed by atoms with Gasteiger partial charge in [-0.3, -0.25) is 4.98 Å². The quantitative estimate of drug-likeness (QED) is 0.728. The van der Waals surface area contributed by atoms with Crippen molar-refractivity contribution >= 4 is 11.3 Å². The third-order valence-electron chi connectivity index (χ3n) is 3.15. The summed E-state index contributed by atoms with van der Waals surface area (Å²) in [6.07, 6.45) is 4.70. The lowest BCUT2D eigenvalue weighted by Gasteiger charge is -2.13. The summed E-state index contributed by atoms with van der Waals surface area (Å²) in [5, 5.41) is 12.1. The minimum absolute atomic E-state index is 0.289. The van der Waals surface area contributed by atoms with Gasteiger partial charge < -0.3 is 14.4 Å². The van der Waals surface area contributed by atoms with E-state index in [0.717, 1.165) is 16.4 Å². The molecule has 0 spiro atoms. The molecule has 0 aromatic carbocycles. The molecule has 0 fully saturated rings. The third kappa shape index (κ3) is 3.79. The van der Waals surface area contributed by atoms with Crippen molar-refractivity contribution in [3.63, 3.8) is 0 Å². The number of hydrogen-bond acceptors (Lipinski definition) is 5. The SMILES string of the molecule is O[C@H](COCc1cccs1)Cn1ccnc1-c1ccccn1. The van der Waals surface area contributed by atoms with E-state index in [0.29, 0.717) is 13.2 Å². The monoisotopic (exact) mass is 315 g/mol. The number of aliphatic hydroxyl groups excluding tert-OH is 1. The van der Waals surface area contributed by atoms with Crippen LogP contribution in [0.3, 0.4) is 0 Å². The average Bonchev–Trinajstić information content (AvgIpc) is 3.20. The molecule has 3 aromatic rings. The van der Waals surface area contributed by atoms with E-state index in [9.17, 15) is 5.11 Å². The van der Waals surface area contributed by atoms with E-state index in [-0.39, 0.29) is 6.61 Å². The van der Waals surface area contributed by atoms with Crippen LogP contribution in [0, 0.1) is 0 Å². The number of rotatable bonds is 7. The highest BCUT2D eigenvalue weighted by atomic mass is 32.1. The van der Waals surface area contributed by atoms with E-state index >= 15 is 0 Å². The van der Waals surface area contributed by atoms with E-state index in [1.54, 1.807) is 23.7 Å². The second-order valence-electron chi connectivity index (χ2n) is 4.87. The number of nitrogens with zero attached hydrogens (tertiary/aromatic N) is 3. The fraction of sp³-hybridized carbons (Fsp3) is 0.250. The Balaban J connectivity index is 1.56. The van der Waals surface area contributed by atoms with Crippen molar-refractivity contribution in [1.29, 1.82) is 0 Å². The standard InChI is InChI=1S/C16H17N3O2S/c20-13(11-21-12-14-4-3-9-22-14)10-19-8-7-18-16(19)15-5-1-2-6-17-15/h1-9,13,20H,10-12H2/t13-/m0/s1. The molecule has 0 saturated heterocycles. The van der Waals surface area contributed by atoms with Gasteiger partial charge >= 0.3 is 0 Å². The van der Waals surface area contributed by atoms with Crippen LogP contribution in [0.15, 0.2) is 54.3 Å². The molecule has 0 aliphatic carbocycles. The third-order valence-corrected chi connectivity index (χ3v) is 4.00. The number of aromatic nitrogens is 3. The maximum absolute atomic E-state index is 10.1. The lowest BCUT2D eigenvalue weighted by atomic mass is 10.3. The van der Waals surface area contributed by atoms with Gasteiger partial charge in [-0.25, -0.2) is 4.98 Å². The van der Waals surface area contributed by atoms with Crippen LogP contribution in [-0.2, 0) is 17.9 Å². The van der Waals surface area contributed by atoms with Crippen molar-refractivity contribution in [2.45, 2.75) is 19.3 Å². The summed E-state index contributed by atoms with van der Waals surface area (Å²) in [6, 6.07) is 9.70. The fourth-order valence-corrected chi connectivity index (χ4v) is 2.80. The minimum Gasteiger partial charge on any atom is -0.389 e. The van der Waals surface area contributed by atoms with Crippen LogP contribution in [0.4, 0.5) is 0 Å². The summed E-state index contributed by atoms with van der Waals surface area (Å²) in [6.45, 7) is 1.25. The molecule has 0 saturated carbocycles. The van der Waals surface area contributed by atoms with Gasteiger partial charge in [0.1, 0.15) is 5.69 Å². The summed E-state index contributed by atoms with van der Waals surface area (Å²) in [7, 11) is 0. The smallest absolute Gasteiger partial charge is 0.158 e. The summed E-state index contributed by atoms with van der Waals surface area (Å²) in [4.78, 5) is 9.76. The van der Waals surface area contributed by atoms with Crippen molar-refractivity contribution < 1.29 is 9.84 Å². The Hall–Kier alpha value is -2.02. The number of imidazole rings is 1. The predicted octanol–water partition coefficient (Wildman–Crippen LogP) is 2.58. The molecule has 0 aliphatic heterocycles. The van der Waals surface area contributed by atoms with Gasteiger partial charge in [-0.05, 0) is 23.6 Å². The van der Waals surface area contributed by atoms with Crippen LogP contribution in [0.2, 0.25) is 0 Å². The Morgan fingerprint density at radius 2 is 2.14 bits per heavy atom. The van der Waals surface area contributed by atoms with Gasteiger partial charge in [-0.2, -0.15) is 0 Å². The highest BCUT2D eigenvalue weighted by Gasteiger charge is 2.11. The Kier molecular flexibility index (Phi) is 4.95. The number of thiophene rings is 1. The topological polar surface area (TPSA) is 60.2 Å². The second kappa shape index (κ2) is 7.31. The molecular weight excluding hydrogens is 298 g/mol. The first kappa shape index (κ1) is 14.9. The first-order chi connectivity index (χ1) is 10.8. The average molecular weight is 315 g/mol. The largest absolute Gasteiger partial charge is 0.389 e. The van der Waals surface area contributed by atoms with E-state index in [1.807, 2.05) is 46.5 Å². The number of hydrogen-bond donors (Lipinski definition) is 1. The predicted molar refractivity (Wildman–Crippen MR) is 85.4 cm³/mol.